The summed E-state index contributed by atoms with van der Waals surface area (Å²) in [6, 6.07) is 0. The number of rotatable bonds is 2. The lowest BCUT2D eigenvalue weighted by Crippen LogP contribution is -1.81. The molecule has 0 unspecified atom stereocenters. The molecule has 0 bridgehead atoms. The molecule has 0 aliphatic rings. The highest BCUT2D eigenvalue weighted by molar-refractivity contribution is 7.11. The summed E-state index contributed by atoms with van der Waals surface area (Å²) in [7, 11) is 1.52. The zero-order valence-electron chi connectivity index (χ0n) is 4.83. The molecule has 0 radical (unpaired) electrons. The van der Waals surface area contributed by atoms with Crippen LogP contribution in [0.2, 0.25) is 0 Å². The van der Waals surface area contributed by atoms with E-state index in [1.807, 2.05) is 0 Å². The molecule has 0 spiro atoms. The highest BCUT2D eigenvalue weighted by Gasteiger charge is 1.97. The predicted octanol–water partition coefficient (Wildman–Crippen LogP) is 0.964. The predicted molar refractivity (Wildman–Crippen MR) is 34.1 cm³/mol. The van der Waals surface area contributed by atoms with E-state index in [4.69, 9.17) is 4.74 Å². The molecular weight excluding hydrogens is 138 g/mol. The van der Waals surface area contributed by atoms with E-state index in [-0.39, 0.29) is 0 Å². The molecule has 0 N–H and O–H groups in total. The number of hydrogen-bond acceptors (Lipinski definition) is 4. The molecule has 1 aromatic heterocycles. The maximum absolute atomic E-state index is 10.0. The number of aldehydes is 1. The molecule has 3 nitrogen and oxygen atoms in total. The lowest BCUT2D eigenvalue weighted by Gasteiger charge is -1.85. The molecule has 48 valence electrons. The first-order chi connectivity index (χ1) is 4.36. The van der Waals surface area contributed by atoms with E-state index in [1.165, 1.54) is 18.4 Å². The number of aromatic nitrogens is 1. The van der Waals surface area contributed by atoms with Crippen LogP contribution in [-0.4, -0.2) is 18.4 Å². The standard InChI is InChI=1S/C5H5NO2S/c1-8-5-6-4(2-7)3-9-5/h2-3H,1H3. The fourth-order valence-corrected chi connectivity index (χ4v) is 1.00. The van der Waals surface area contributed by atoms with Gasteiger partial charge in [-0.05, 0) is 0 Å². The van der Waals surface area contributed by atoms with Gasteiger partial charge in [-0.2, -0.15) is 0 Å². The van der Waals surface area contributed by atoms with Crippen molar-refractivity contribution in [3.63, 3.8) is 0 Å². The van der Waals surface area contributed by atoms with Crippen LogP contribution in [-0.2, 0) is 0 Å². The Balaban J connectivity index is 2.86. The summed E-state index contributed by atoms with van der Waals surface area (Å²) in [4.78, 5) is 13.8. The van der Waals surface area contributed by atoms with Gasteiger partial charge in [-0.3, -0.25) is 4.79 Å². The number of thiazole rings is 1. The fourth-order valence-electron chi connectivity index (χ4n) is 0.417. The normalized spacial score (nSPS) is 9.00. The summed E-state index contributed by atoms with van der Waals surface area (Å²) in [5.41, 5.74) is 0.428. The van der Waals surface area contributed by atoms with Crippen LogP contribution in [0.15, 0.2) is 5.38 Å². The average Bonchev–Trinajstić information content (AvgIpc) is 2.34. The summed E-state index contributed by atoms with van der Waals surface area (Å²) in [5.74, 6) is 0. The molecule has 9 heavy (non-hydrogen) atoms. The Bertz CT molecular complexity index is 208. The number of carbonyl (C=O) groups excluding carboxylic acids is 1. The van der Waals surface area contributed by atoms with Gasteiger partial charge in [0.25, 0.3) is 5.19 Å². The number of nitrogens with zero attached hydrogens (tertiary/aromatic N) is 1. The van der Waals surface area contributed by atoms with Crippen LogP contribution in [0.5, 0.6) is 5.19 Å². The monoisotopic (exact) mass is 143 g/mol. The molecule has 0 aliphatic heterocycles. The number of hydrogen-bond donors (Lipinski definition) is 0. The van der Waals surface area contributed by atoms with Gasteiger partial charge in [-0.15, -0.1) is 0 Å². The minimum absolute atomic E-state index is 0.428. The van der Waals surface area contributed by atoms with Crippen molar-refractivity contribution in [1.82, 2.24) is 4.98 Å². The minimum Gasteiger partial charge on any atom is -0.473 e. The Hall–Kier alpha value is -0.900. The molecule has 0 saturated carbocycles. The van der Waals surface area contributed by atoms with Crippen LogP contribution >= 0.6 is 11.3 Å². The highest BCUT2D eigenvalue weighted by atomic mass is 32.1. The molecule has 0 amide bonds. The maximum Gasteiger partial charge on any atom is 0.273 e. The van der Waals surface area contributed by atoms with Crippen LogP contribution in [0.25, 0.3) is 0 Å². The van der Waals surface area contributed by atoms with Gasteiger partial charge in [0.15, 0.2) is 6.29 Å². The van der Waals surface area contributed by atoms with Gasteiger partial charge in [0, 0.05) is 5.38 Å². The minimum atomic E-state index is 0.428. The van der Waals surface area contributed by atoms with Crippen molar-refractivity contribution in [3.05, 3.63) is 11.1 Å². The second-order valence-corrected chi connectivity index (χ2v) is 2.18. The van der Waals surface area contributed by atoms with Crippen molar-refractivity contribution in [2.24, 2.45) is 0 Å². The van der Waals surface area contributed by atoms with Gasteiger partial charge in [0.1, 0.15) is 5.69 Å². The molecule has 1 rings (SSSR count). The molecule has 0 saturated heterocycles. The van der Waals surface area contributed by atoms with E-state index in [9.17, 15) is 4.79 Å². The SMILES string of the molecule is COc1nc(C=O)cs1. The van der Waals surface area contributed by atoms with Crippen LogP contribution in [0.4, 0.5) is 0 Å². The van der Waals surface area contributed by atoms with Gasteiger partial charge in [-0.1, -0.05) is 11.3 Å². The first kappa shape index (κ1) is 6.22. The smallest absolute Gasteiger partial charge is 0.273 e. The van der Waals surface area contributed by atoms with E-state index in [0.717, 1.165) is 0 Å². The third-order valence-corrected chi connectivity index (χ3v) is 1.62. The van der Waals surface area contributed by atoms with Gasteiger partial charge in [0.2, 0.25) is 0 Å². The Morgan fingerprint density at radius 3 is 3.00 bits per heavy atom. The molecule has 0 aliphatic carbocycles. The quantitative estimate of drug-likeness (QED) is 0.579. The largest absolute Gasteiger partial charge is 0.473 e. The van der Waals surface area contributed by atoms with E-state index in [0.29, 0.717) is 17.2 Å². The van der Waals surface area contributed by atoms with Crippen molar-refractivity contribution < 1.29 is 9.53 Å². The second kappa shape index (κ2) is 2.59. The van der Waals surface area contributed by atoms with Crippen LogP contribution in [0, 0.1) is 0 Å². The summed E-state index contributed by atoms with van der Waals surface area (Å²) >= 11 is 1.31. The molecule has 4 heteroatoms. The number of methoxy groups -OCH3 is 1. The van der Waals surface area contributed by atoms with Crippen molar-refractivity contribution >= 4 is 17.6 Å². The Morgan fingerprint density at radius 2 is 2.67 bits per heavy atom. The van der Waals surface area contributed by atoms with E-state index < -0.39 is 0 Å². The van der Waals surface area contributed by atoms with Crippen molar-refractivity contribution in [1.29, 1.82) is 0 Å². The topological polar surface area (TPSA) is 39.2 Å². The van der Waals surface area contributed by atoms with Crippen molar-refractivity contribution in [2.75, 3.05) is 7.11 Å². The highest BCUT2D eigenvalue weighted by Crippen LogP contribution is 2.15. The molecular formula is C5H5NO2S. The summed E-state index contributed by atoms with van der Waals surface area (Å²) in [6.45, 7) is 0. The van der Waals surface area contributed by atoms with Gasteiger partial charge in [0.05, 0.1) is 7.11 Å². The number of carbonyl (C=O) groups is 1. The van der Waals surface area contributed by atoms with Crippen LogP contribution < -0.4 is 4.74 Å². The van der Waals surface area contributed by atoms with E-state index in [2.05, 4.69) is 4.98 Å². The van der Waals surface area contributed by atoms with Crippen molar-refractivity contribution in [3.8, 4) is 5.19 Å². The first-order valence-corrected chi connectivity index (χ1v) is 3.19. The Labute approximate surface area is 56.3 Å². The zero-order valence-corrected chi connectivity index (χ0v) is 5.64. The molecule has 1 aromatic rings. The maximum atomic E-state index is 10.0. The van der Waals surface area contributed by atoms with Crippen LogP contribution in [0.3, 0.4) is 0 Å². The lowest BCUT2D eigenvalue weighted by atomic mass is 10.6. The molecule has 0 fully saturated rings. The Kier molecular flexibility index (Phi) is 1.79. The summed E-state index contributed by atoms with van der Waals surface area (Å²) < 4.78 is 4.75. The second-order valence-electron chi connectivity index (χ2n) is 1.36. The average molecular weight is 143 g/mol. The first-order valence-electron chi connectivity index (χ1n) is 2.31. The summed E-state index contributed by atoms with van der Waals surface area (Å²) in [5, 5.41) is 2.17. The van der Waals surface area contributed by atoms with E-state index in [1.54, 1.807) is 5.38 Å². The lowest BCUT2D eigenvalue weighted by molar-refractivity contribution is 0.111. The van der Waals surface area contributed by atoms with Gasteiger partial charge >= 0.3 is 0 Å². The fraction of sp³-hybridized carbons (Fsp3) is 0.200. The molecule has 1 heterocycles. The third kappa shape index (κ3) is 1.26. The molecule has 0 atom stereocenters. The van der Waals surface area contributed by atoms with E-state index >= 15 is 0 Å². The van der Waals surface area contributed by atoms with Crippen LogP contribution in [0.1, 0.15) is 10.5 Å². The summed E-state index contributed by atoms with van der Waals surface area (Å²) in [6.07, 6.45) is 0.693. The number of ether oxygens (including phenoxy) is 1. The Morgan fingerprint density at radius 1 is 1.89 bits per heavy atom. The third-order valence-electron chi connectivity index (χ3n) is 0.796. The van der Waals surface area contributed by atoms with Crippen molar-refractivity contribution in [2.45, 2.75) is 0 Å². The zero-order chi connectivity index (χ0) is 6.69. The van der Waals surface area contributed by atoms with Gasteiger partial charge in [-0.25, -0.2) is 4.98 Å². The van der Waals surface area contributed by atoms with Gasteiger partial charge < -0.3 is 4.74 Å². The molecule has 0 aromatic carbocycles.